The molecule has 0 amide bonds. The van der Waals surface area contributed by atoms with Crippen molar-refractivity contribution in [2.45, 2.75) is 13.5 Å². The number of nitrogens with one attached hydrogen (secondary N) is 1. The lowest BCUT2D eigenvalue weighted by molar-refractivity contribution is 0.248. The first-order chi connectivity index (χ1) is 12.3. The summed E-state index contributed by atoms with van der Waals surface area (Å²) >= 11 is 0. The van der Waals surface area contributed by atoms with Gasteiger partial charge in [0.05, 0.1) is 18.6 Å². The summed E-state index contributed by atoms with van der Waals surface area (Å²) in [4.78, 5) is 12.1. The topological polar surface area (TPSA) is 94.7 Å². The third-order valence-electron chi connectivity index (χ3n) is 3.79. The maximum Gasteiger partial charge on any atom is 0.278 e. The summed E-state index contributed by atoms with van der Waals surface area (Å²) in [6, 6.07) is 10.0. The molecule has 8 heteroatoms. The van der Waals surface area contributed by atoms with E-state index in [1.54, 1.807) is 25.6 Å². The Bertz CT molecular complexity index is 943. The number of nitrogens with zero attached hydrogens (tertiary/aromatic N) is 5. The number of ether oxygens (including phenoxy) is 1. The van der Waals surface area contributed by atoms with Crippen molar-refractivity contribution in [3.05, 3.63) is 54.7 Å². The Morgan fingerprint density at radius 3 is 2.76 bits per heavy atom. The lowest BCUT2D eigenvalue weighted by Gasteiger charge is -2.09. The zero-order chi connectivity index (χ0) is 17.1. The fourth-order valence-corrected chi connectivity index (χ4v) is 2.60. The number of rotatable bonds is 6. The molecule has 0 atom stereocenters. The van der Waals surface area contributed by atoms with Gasteiger partial charge >= 0.3 is 0 Å². The van der Waals surface area contributed by atoms with E-state index >= 15 is 0 Å². The van der Waals surface area contributed by atoms with Crippen molar-refractivity contribution in [1.82, 2.24) is 29.8 Å². The van der Waals surface area contributed by atoms with Crippen LogP contribution in [0, 0.1) is 6.92 Å². The molecule has 0 aliphatic carbocycles. The van der Waals surface area contributed by atoms with E-state index in [2.05, 4.69) is 29.9 Å². The Hall–Kier alpha value is -3.42. The summed E-state index contributed by atoms with van der Waals surface area (Å²) in [6.07, 6.45) is 5.31. The van der Waals surface area contributed by atoms with Crippen molar-refractivity contribution < 1.29 is 9.37 Å². The van der Waals surface area contributed by atoms with Crippen LogP contribution >= 0.6 is 0 Å². The Morgan fingerprint density at radius 1 is 1.16 bits per heavy atom. The van der Waals surface area contributed by atoms with Crippen LogP contribution in [0.25, 0.3) is 22.8 Å². The highest BCUT2D eigenvalue weighted by Crippen LogP contribution is 2.29. The summed E-state index contributed by atoms with van der Waals surface area (Å²) in [5.74, 6) is 1.17. The number of benzene rings is 1. The number of aryl methyl sites for hydroxylation is 1. The van der Waals surface area contributed by atoms with Crippen molar-refractivity contribution in [2.24, 2.45) is 0 Å². The third kappa shape index (κ3) is 3.01. The van der Waals surface area contributed by atoms with E-state index in [1.807, 2.05) is 34.9 Å². The van der Waals surface area contributed by atoms with Crippen molar-refractivity contribution in [1.29, 1.82) is 0 Å². The average molecular weight is 336 g/mol. The number of hydrogen-bond acceptors (Lipinski definition) is 6. The quantitative estimate of drug-likeness (QED) is 0.582. The van der Waals surface area contributed by atoms with Gasteiger partial charge in [0, 0.05) is 18.0 Å². The molecule has 0 saturated carbocycles. The number of aromatic nitrogens is 6. The van der Waals surface area contributed by atoms with Crippen LogP contribution in [0.2, 0.25) is 0 Å². The van der Waals surface area contributed by atoms with Crippen LogP contribution in [0.3, 0.4) is 0 Å². The van der Waals surface area contributed by atoms with E-state index in [-0.39, 0.29) is 0 Å². The summed E-state index contributed by atoms with van der Waals surface area (Å²) in [5, 5.41) is 7.42. The van der Waals surface area contributed by atoms with Gasteiger partial charge in [-0.2, -0.15) is 0 Å². The molecule has 126 valence electrons. The van der Waals surface area contributed by atoms with E-state index in [0.29, 0.717) is 24.7 Å². The monoisotopic (exact) mass is 336 g/mol. The Kier molecular flexibility index (Phi) is 3.99. The van der Waals surface area contributed by atoms with Crippen LogP contribution in [0.15, 0.2) is 53.7 Å². The highest BCUT2D eigenvalue weighted by Gasteiger charge is 2.17. The molecule has 3 heterocycles. The van der Waals surface area contributed by atoms with Crippen LogP contribution < -0.4 is 4.74 Å². The first-order valence-electron chi connectivity index (χ1n) is 7.85. The molecule has 0 saturated heterocycles. The Morgan fingerprint density at radius 2 is 2.04 bits per heavy atom. The second-order valence-corrected chi connectivity index (χ2v) is 5.44. The van der Waals surface area contributed by atoms with Crippen molar-refractivity contribution >= 4 is 0 Å². The number of H-pyrrole nitrogens is 1. The van der Waals surface area contributed by atoms with Gasteiger partial charge in [-0.05, 0) is 12.1 Å². The molecular formula is C17H16N6O2. The highest BCUT2D eigenvalue weighted by atomic mass is 16.6. The lowest BCUT2D eigenvalue weighted by Crippen LogP contribution is -2.09. The van der Waals surface area contributed by atoms with E-state index < -0.39 is 0 Å². The molecule has 0 aliphatic rings. The average Bonchev–Trinajstić information content (AvgIpc) is 3.37. The van der Waals surface area contributed by atoms with Gasteiger partial charge in [-0.15, -0.1) is 0 Å². The normalized spacial score (nSPS) is 10.9. The molecule has 0 fully saturated rings. The zero-order valence-corrected chi connectivity index (χ0v) is 13.6. The summed E-state index contributed by atoms with van der Waals surface area (Å²) in [5.41, 5.74) is 3.44. The minimum Gasteiger partial charge on any atom is -0.472 e. The molecule has 1 N–H and O–H groups in total. The van der Waals surface area contributed by atoms with E-state index in [0.717, 1.165) is 22.8 Å². The van der Waals surface area contributed by atoms with Crippen LogP contribution in [0.1, 0.15) is 5.69 Å². The minimum atomic E-state index is 0.406. The summed E-state index contributed by atoms with van der Waals surface area (Å²) in [7, 11) is 0. The molecule has 0 spiro atoms. The molecule has 0 aliphatic heterocycles. The lowest BCUT2D eigenvalue weighted by atomic mass is 10.1. The Balaban J connectivity index is 1.62. The standard InChI is InChI=1S/C17H16N6O2/c1-12-17(22-25-21-12)24-10-9-23-11-20-14(13-5-3-2-4-6-13)15(23)16-18-7-8-19-16/h2-8,11H,9-10H2,1H3,(H,18,19). The van der Waals surface area contributed by atoms with E-state index in [1.165, 1.54) is 0 Å². The van der Waals surface area contributed by atoms with Crippen molar-refractivity contribution in [3.8, 4) is 28.7 Å². The molecule has 3 aromatic heterocycles. The first-order valence-corrected chi connectivity index (χ1v) is 7.85. The van der Waals surface area contributed by atoms with Gasteiger partial charge in [-0.1, -0.05) is 35.5 Å². The van der Waals surface area contributed by atoms with Crippen LogP contribution in [-0.2, 0) is 6.54 Å². The van der Waals surface area contributed by atoms with Crippen molar-refractivity contribution in [3.63, 3.8) is 0 Å². The fourth-order valence-electron chi connectivity index (χ4n) is 2.60. The predicted octanol–water partition coefficient (Wildman–Crippen LogP) is 2.71. The van der Waals surface area contributed by atoms with Gasteiger partial charge < -0.3 is 14.3 Å². The van der Waals surface area contributed by atoms with Gasteiger partial charge in [-0.25, -0.2) is 14.6 Å². The summed E-state index contributed by atoms with van der Waals surface area (Å²) < 4.78 is 12.3. The zero-order valence-electron chi connectivity index (χ0n) is 13.6. The number of aromatic amines is 1. The molecule has 4 aromatic rings. The second kappa shape index (κ2) is 6.60. The fraction of sp³-hybridized carbons (Fsp3) is 0.176. The van der Waals surface area contributed by atoms with Gasteiger partial charge in [-0.3, -0.25) is 0 Å². The highest BCUT2D eigenvalue weighted by molar-refractivity contribution is 5.75. The molecule has 0 unspecified atom stereocenters. The first kappa shape index (κ1) is 15.1. The molecule has 8 nitrogen and oxygen atoms in total. The third-order valence-corrected chi connectivity index (χ3v) is 3.79. The van der Waals surface area contributed by atoms with Crippen LogP contribution in [0.4, 0.5) is 0 Å². The smallest absolute Gasteiger partial charge is 0.278 e. The van der Waals surface area contributed by atoms with Gasteiger partial charge in [0.15, 0.2) is 5.82 Å². The van der Waals surface area contributed by atoms with E-state index in [4.69, 9.17) is 4.74 Å². The maximum atomic E-state index is 5.62. The molecule has 25 heavy (non-hydrogen) atoms. The molecule has 0 radical (unpaired) electrons. The number of imidazole rings is 2. The van der Waals surface area contributed by atoms with Gasteiger partial charge in [0.25, 0.3) is 5.88 Å². The molecular weight excluding hydrogens is 320 g/mol. The molecule has 0 bridgehead atoms. The van der Waals surface area contributed by atoms with E-state index in [9.17, 15) is 0 Å². The van der Waals surface area contributed by atoms with Gasteiger partial charge in [0.1, 0.15) is 18.0 Å². The van der Waals surface area contributed by atoms with Gasteiger partial charge in [0.2, 0.25) is 0 Å². The maximum absolute atomic E-state index is 5.62. The minimum absolute atomic E-state index is 0.406. The molecule has 1 aromatic carbocycles. The SMILES string of the molecule is Cc1nonc1OCCn1cnc(-c2ccccc2)c1-c1ncc[nH]1. The largest absolute Gasteiger partial charge is 0.472 e. The summed E-state index contributed by atoms with van der Waals surface area (Å²) in [6.45, 7) is 2.78. The van der Waals surface area contributed by atoms with Crippen LogP contribution in [-0.4, -0.2) is 36.4 Å². The number of hydrogen-bond donors (Lipinski definition) is 1. The Labute approximate surface area is 143 Å². The molecule has 4 rings (SSSR count). The second-order valence-electron chi connectivity index (χ2n) is 5.44. The van der Waals surface area contributed by atoms with Crippen molar-refractivity contribution in [2.75, 3.05) is 6.61 Å². The predicted molar refractivity (Wildman–Crippen MR) is 89.8 cm³/mol. The van der Waals surface area contributed by atoms with Crippen LogP contribution in [0.5, 0.6) is 5.88 Å².